The van der Waals surface area contributed by atoms with Crippen LogP contribution in [0, 0.1) is 0 Å². The summed E-state index contributed by atoms with van der Waals surface area (Å²) in [6.45, 7) is 3.22. The molecule has 0 aliphatic carbocycles. The number of hydrogen-bond acceptors (Lipinski definition) is 6. The zero-order chi connectivity index (χ0) is 18.9. The second-order valence-electron chi connectivity index (χ2n) is 6.67. The highest BCUT2D eigenvalue weighted by atomic mass is 16.4. The minimum Gasteiger partial charge on any atom is -0.479 e. The number of aromatic nitrogens is 4. The number of furan rings is 1. The lowest BCUT2D eigenvalue weighted by atomic mass is 9.87. The third-order valence-corrected chi connectivity index (χ3v) is 5.19. The van der Waals surface area contributed by atoms with E-state index in [9.17, 15) is 9.90 Å². The van der Waals surface area contributed by atoms with Crippen molar-refractivity contribution in [1.82, 2.24) is 19.7 Å². The summed E-state index contributed by atoms with van der Waals surface area (Å²) < 4.78 is 6.94. The van der Waals surface area contributed by atoms with Crippen LogP contribution < -0.4 is 4.90 Å². The molecule has 1 aliphatic heterocycles. The lowest BCUT2D eigenvalue weighted by molar-refractivity contribution is -0.149. The van der Waals surface area contributed by atoms with Crippen LogP contribution in [0.4, 0.5) is 5.82 Å². The van der Waals surface area contributed by atoms with E-state index in [1.165, 1.54) is 0 Å². The molecule has 8 heteroatoms. The Morgan fingerprint density at radius 1 is 1.30 bits per heavy atom. The molecule has 3 aromatic rings. The van der Waals surface area contributed by atoms with Crippen molar-refractivity contribution in [2.24, 2.45) is 0 Å². The summed E-state index contributed by atoms with van der Waals surface area (Å²) >= 11 is 0. The Bertz CT molecular complexity index is 926. The third kappa shape index (κ3) is 3.07. The van der Waals surface area contributed by atoms with Gasteiger partial charge < -0.3 is 14.4 Å². The van der Waals surface area contributed by atoms with E-state index in [1.807, 2.05) is 19.1 Å². The fourth-order valence-corrected chi connectivity index (χ4v) is 3.52. The number of nitrogens with zero attached hydrogens (tertiary/aromatic N) is 5. The predicted octanol–water partition coefficient (Wildman–Crippen LogP) is 2.58. The average Bonchev–Trinajstić information content (AvgIpc) is 3.39. The lowest BCUT2D eigenvalue weighted by Crippen LogP contribution is -2.51. The molecular weight excluding hydrogens is 346 g/mol. The first kappa shape index (κ1) is 17.3. The maximum atomic E-state index is 12.2. The number of piperidine rings is 1. The molecule has 0 unspecified atom stereocenters. The standard InChI is InChI=1S/C19H21N5O3/c1-2-14-12-17(21-13-20-14)23-9-6-19(7-10-23,18(25)26)24-8-5-15(22-24)16-4-3-11-27-16/h3-5,8,11-13H,2,6-7,9-10H2,1H3,(H,25,26). The van der Waals surface area contributed by atoms with Crippen molar-refractivity contribution in [2.45, 2.75) is 31.7 Å². The summed E-state index contributed by atoms with van der Waals surface area (Å²) in [5.74, 6) is 0.602. The minimum atomic E-state index is -1.07. The largest absolute Gasteiger partial charge is 0.479 e. The molecule has 0 amide bonds. The molecule has 8 nitrogen and oxygen atoms in total. The van der Waals surface area contributed by atoms with Crippen molar-refractivity contribution in [3.05, 3.63) is 48.7 Å². The van der Waals surface area contributed by atoms with Crippen LogP contribution in [0.25, 0.3) is 11.5 Å². The first-order chi connectivity index (χ1) is 13.1. The summed E-state index contributed by atoms with van der Waals surface area (Å²) in [5.41, 5.74) is 0.541. The Labute approximate surface area is 156 Å². The number of hydrogen-bond donors (Lipinski definition) is 1. The fourth-order valence-electron chi connectivity index (χ4n) is 3.52. The predicted molar refractivity (Wildman–Crippen MR) is 98.4 cm³/mol. The van der Waals surface area contributed by atoms with Crippen molar-refractivity contribution in [3.63, 3.8) is 0 Å². The Morgan fingerprint density at radius 2 is 2.11 bits per heavy atom. The molecule has 1 saturated heterocycles. The molecule has 4 heterocycles. The van der Waals surface area contributed by atoms with Crippen LogP contribution >= 0.6 is 0 Å². The summed E-state index contributed by atoms with van der Waals surface area (Å²) in [4.78, 5) is 22.9. The SMILES string of the molecule is CCc1cc(N2CCC(C(=O)O)(n3ccc(-c4ccco4)n3)CC2)ncn1. The van der Waals surface area contributed by atoms with Crippen LogP contribution in [0.5, 0.6) is 0 Å². The van der Waals surface area contributed by atoms with E-state index >= 15 is 0 Å². The Kier molecular flexibility index (Phi) is 4.39. The normalized spacial score (nSPS) is 16.4. The van der Waals surface area contributed by atoms with Crippen molar-refractivity contribution < 1.29 is 14.3 Å². The molecule has 0 spiro atoms. The highest BCUT2D eigenvalue weighted by Gasteiger charge is 2.44. The van der Waals surface area contributed by atoms with E-state index in [-0.39, 0.29) is 0 Å². The van der Waals surface area contributed by atoms with Crippen molar-refractivity contribution in [2.75, 3.05) is 18.0 Å². The van der Waals surface area contributed by atoms with Gasteiger partial charge in [-0.25, -0.2) is 14.8 Å². The van der Waals surface area contributed by atoms with Crippen LogP contribution in [0.2, 0.25) is 0 Å². The Balaban J connectivity index is 1.57. The maximum absolute atomic E-state index is 12.2. The second-order valence-corrected chi connectivity index (χ2v) is 6.67. The molecule has 1 N–H and O–H groups in total. The van der Waals surface area contributed by atoms with E-state index in [1.54, 1.807) is 35.6 Å². The quantitative estimate of drug-likeness (QED) is 0.740. The van der Waals surface area contributed by atoms with E-state index in [2.05, 4.69) is 20.0 Å². The monoisotopic (exact) mass is 367 g/mol. The van der Waals surface area contributed by atoms with Gasteiger partial charge in [-0.2, -0.15) is 5.10 Å². The van der Waals surface area contributed by atoms with Crippen LogP contribution in [0.3, 0.4) is 0 Å². The van der Waals surface area contributed by atoms with Crippen molar-refractivity contribution >= 4 is 11.8 Å². The first-order valence-electron chi connectivity index (χ1n) is 9.02. The van der Waals surface area contributed by atoms with Crippen LogP contribution in [-0.4, -0.2) is 43.9 Å². The zero-order valence-electron chi connectivity index (χ0n) is 15.1. The number of rotatable bonds is 5. The number of carboxylic acids is 1. The average molecular weight is 367 g/mol. The van der Waals surface area contributed by atoms with E-state index < -0.39 is 11.5 Å². The molecule has 4 rings (SSSR count). The molecule has 0 atom stereocenters. The molecule has 27 heavy (non-hydrogen) atoms. The van der Waals surface area contributed by atoms with Gasteiger partial charge in [-0.3, -0.25) is 4.68 Å². The van der Waals surface area contributed by atoms with Crippen LogP contribution in [-0.2, 0) is 16.8 Å². The summed E-state index contributed by atoms with van der Waals surface area (Å²) in [7, 11) is 0. The highest BCUT2D eigenvalue weighted by molar-refractivity contribution is 5.77. The molecule has 3 aromatic heterocycles. The van der Waals surface area contributed by atoms with Gasteiger partial charge in [0.15, 0.2) is 11.3 Å². The third-order valence-electron chi connectivity index (χ3n) is 5.19. The summed E-state index contributed by atoms with van der Waals surface area (Å²) in [6.07, 6.45) is 6.58. The van der Waals surface area contributed by atoms with Gasteiger partial charge in [0, 0.05) is 43.9 Å². The lowest BCUT2D eigenvalue weighted by Gasteiger charge is -2.39. The van der Waals surface area contributed by atoms with Gasteiger partial charge in [-0.15, -0.1) is 0 Å². The van der Waals surface area contributed by atoms with Gasteiger partial charge in [0.05, 0.1) is 6.26 Å². The fraction of sp³-hybridized carbons (Fsp3) is 0.368. The molecule has 1 fully saturated rings. The number of carbonyl (C=O) groups is 1. The topological polar surface area (TPSA) is 97.3 Å². The smallest absolute Gasteiger partial charge is 0.331 e. The molecule has 1 aliphatic rings. The van der Waals surface area contributed by atoms with Gasteiger partial charge in [0.1, 0.15) is 17.8 Å². The molecule has 140 valence electrons. The van der Waals surface area contributed by atoms with E-state index in [0.717, 1.165) is 17.9 Å². The van der Waals surface area contributed by atoms with Crippen molar-refractivity contribution in [1.29, 1.82) is 0 Å². The highest BCUT2D eigenvalue weighted by Crippen LogP contribution is 2.33. The van der Waals surface area contributed by atoms with E-state index in [0.29, 0.717) is 37.4 Å². The number of aliphatic carboxylic acids is 1. The Hall–Kier alpha value is -3.16. The first-order valence-corrected chi connectivity index (χ1v) is 9.02. The van der Waals surface area contributed by atoms with Gasteiger partial charge in [-0.1, -0.05) is 6.92 Å². The molecule has 0 saturated carbocycles. The number of aryl methyl sites for hydroxylation is 1. The van der Waals surface area contributed by atoms with E-state index in [4.69, 9.17) is 4.42 Å². The second kappa shape index (κ2) is 6.86. The minimum absolute atomic E-state index is 0.438. The van der Waals surface area contributed by atoms with Gasteiger partial charge in [-0.05, 0) is 24.6 Å². The maximum Gasteiger partial charge on any atom is 0.331 e. The molecule has 0 bridgehead atoms. The summed E-state index contributed by atoms with van der Waals surface area (Å²) in [6, 6.07) is 7.35. The van der Waals surface area contributed by atoms with Gasteiger partial charge >= 0.3 is 5.97 Å². The zero-order valence-corrected chi connectivity index (χ0v) is 15.1. The Morgan fingerprint density at radius 3 is 2.78 bits per heavy atom. The van der Waals surface area contributed by atoms with Crippen LogP contribution in [0.1, 0.15) is 25.5 Å². The van der Waals surface area contributed by atoms with Gasteiger partial charge in [0.2, 0.25) is 0 Å². The summed E-state index contributed by atoms with van der Waals surface area (Å²) in [5, 5.41) is 14.5. The van der Waals surface area contributed by atoms with Crippen molar-refractivity contribution in [3.8, 4) is 11.5 Å². The number of anilines is 1. The molecule has 0 radical (unpaired) electrons. The number of carboxylic acid groups (broad SMARTS) is 1. The van der Waals surface area contributed by atoms with Crippen LogP contribution in [0.15, 0.2) is 47.5 Å². The molecule has 0 aromatic carbocycles. The molecular formula is C19H21N5O3. The van der Waals surface area contributed by atoms with Gasteiger partial charge in [0.25, 0.3) is 0 Å².